The zero-order valence-corrected chi connectivity index (χ0v) is 13.0. The highest BCUT2D eigenvalue weighted by molar-refractivity contribution is 6.07. The number of esters is 1. The molecule has 0 atom stereocenters. The Morgan fingerprint density at radius 1 is 1.20 bits per heavy atom. The number of hydrogen-bond donors (Lipinski definition) is 1. The summed E-state index contributed by atoms with van der Waals surface area (Å²) in [4.78, 5) is 27.9. The molecule has 0 aliphatic carbocycles. The maximum absolute atomic E-state index is 13.4. The van der Waals surface area contributed by atoms with Gasteiger partial charge in [-0.05, 0) is 30.3 Å². The van der Waals surface area contributed by atoms with Crippen LogP contribution in [-0.4, -0.2) is 38.7 Å². The lowest BCUT2D eigenvalue weighted by Gasteiger charge is -2.09. The van der Waals surface area contributed by atoms with E-state index in [0.717, 1.165) is 12.1 Å². The molecule has 1 N–H and O–H groups in total. The van der Waals surface area contributed by atoms with Crippen LogP contribution in [0.1, 0.15) is 20.8 Å². The molecule has 8 nitrogen and oxygen atoms in total. The second kappa shape index (κ2) is 6.87. The molecule has 1 aromatic carbocycles. The average Bonchev–Trinajstić information content (AvgIpc) is 3.16. The lowest BCUT2D eigenvalue weighted by atomic mass is 10.1. The summed E-state index contributed by atoms with van der Waals surface area (Å²) in [6.07, 6.45) is 4.80. The Morgan fingerprint density at radius 2 is 2.04 bits per heavy atom. The van der Waals surface area contributed by atoms with Crippen molar-refractivity contribution in [3.8, 4) is 5.82 Å². The first kappa shape index (κ1) is 16.2. The summed E-state index contributed by atoms with van der Waals surface area (Å²) >= 11 is 0. The number of rotatable bonds is 4. The Morgan fingerprint density at radius 3 is 2.68 bits per heavy atom. The largest absolute Gasteiger partial charge is 0.465 e. The first-order chi connectivity index (χ1) is 12.1. The number of hydrogen-bond acceptors (Lipinski definition) is 6. The molecule has 0 aliphatic rings. The van der Waals surface area contributed by atoms with Crippen molar-refractivity contribution in [2.75, 3.05) is 12.4 Å². The highest BCUT2D eigenvalue weighted by atomic mass is 19.1. The molecule has 0 aliphatic heterocycles. The molecular weight excluding hydrogens is 329 g/mol. The fourth-order valence-corrected chi connectivity index (χ4v) is 2.07. The lowest BCUT2D eigenvalue weighted by Crippen LogP contribution is -2.17. The zero-order valence-electron chi connectivity index (χ0n) is 13.0. The van der Waals surface area contributed by atoms with Crippen LogP contribution < -0.4 is 5.32 Å². The molecule has 0 radical (unpaired) electrons. The van der Waals surface area contributed by atoms with Gasteiger partial charge in [0.05, 0.1) is 18.4 Å². The van der Waals surface area contributed by atoms with Gasteiger partial charge in [0.2, 0.25) is 0 Å². The van der Waals surface area contributed by atoms with E-state index in [4.69, 9.17) is 0 Å². The predicted molar refractivity (Wildman–Crippen MR) is 84.8 cm³/mol. The third kappa shape index (κ3) is 3.50. The second-order valence-corrected chi connectivity index (χ2v) is 4.88. The fraction of sp³-hybridized carbons (Fsp3) is 0.0625. The normalized spacial score (nSPS) is 10.3. The van der Waals surface area contributed by atoms with Crippen LogP contribution >= 0.6 is 0 Å². The van der Waals surface area contributed by atoms with E-state index in [2.05, 4.69) is 25.2 Å². The minimum atomic E-state index is -0.697. The van der Waals surface area contributed by atoms with E-state index in [1.54, 1.807) is 29.4 Å². The monoisotopic (exact) mass is 341 g/mol. The SMILES string of the molecule is COC(=O)c1ccc(F)cc1NC(=O)c1ccc(-n2ccnc2)nn1. The van der Waals surface area contributed by atoms with Crippen LogP contribution in [0.25, 0.3) is 5.82 Å². The van der Waals surface area contributed by atoms with Gasteiger partial charge in [-0.2, -0.15) is 0 Å². The number of aromatic nitrogens is 4. The van der Waals surface area contributed by atoms with E-state index in [0.29, 0.717) is 5.82 Å². The third-order valence-electron chi connectivity index (χ3n) is 3.29. The van der Waals surface area contributed by atoms with Crippen molar-refractivity contribution in [2.45, 2.75) is 0 Å². The first-order valence-electron chi connectivity index (χ1n) is 7.10. The minimum absolute atomic E-state index is 0.00365. The number of benzene rings is 1. The Hall–Kier alpha value is -3.62. The third-order valence-corrected chi connectivity index (χ3v) is 3.29. The summed E-state index contributed by atoms with van der Waals surface area (Å²) in [5.74, 6) is -1.46. The van der Waals surface area contributed by atoms with E-state index >= 15 is 0 Å². The van der Waals surface area contributed by atoms with Crippen LogP contribution in [0.15, 0.2) is 49.1 Å². The van der Waals surface area contributed by atoms with Crippen molar-refractivity contribution in [3.63, 3.8) is 0 Å². The summed E-state index contributed by atoms with van der Waals surface area (Å²) in [7, 11) is 1.19. The number of anilines is 1. The molecule has 3 aromatic rings. The van der Waals surface area contributed by atoms with Crippen molar-refractivity contribution < 1.29 is 18.7 Å². The van der Waals surface area contributed by atoms with Gasteiger partial charge in [0.25, 0.3) is 5.91 Å². The van der Waals surface area contributed by atoms with Gasteiger partial charge < -0.3 is 10.1 Å². The van der Waals surface area contributed by atoms with Gasteiger partial charge in [-0.1, -0.05) is 0 Å². The Bertz CT molecular complexity index is 910. The van der Waals surface area contributed by atoms with Crippen molar-refractivity contribution in [2.24, 2.45) is 0 Å². The molecule has 2 aromatic heterocycles. The summed E-state index contributed by atoms with van der Waals surface area (Å²) in [5, 5.41) is 10.2. The van der Waals surface area contributed by atoms with Gasteiger partial charge in [0.1, 0.15) is 12.1 Å². The topological polar surface area (TPSA) is 99.0 Å². The number of methoxy groups -OCH3 is 1. The second-order valence-electron chi connectivity index (χ2n) is 4.88. The highest BCUT2D eigenvalue weighted by Crippen LogP contribution is 2.19. The average molecular weight is 341 g/mol. The van der Waals surface area contributed by atoms with E-state index in [1.807, 2.05) is 0 Å². The number of halogens is 1. The van der Waals surface area contributed by atoms with Crippen LogP contribution in [0.2, 0.25) is 0 Å². The van der Waals surface area contributed by atoms with Crippen LogP contribution in [0, 0.1) is 5.82 Å². The molecular formula is C16H12FN5O3. The summed E-state index contributed by atoms with van der Waals surface area (Å²) in [6.45, 7) is 0. The summed E-state index contributed by atoms with van der Waals surface area (Å²) in [5.41, 5.74) is 0.0153. The van der Waals surface area contributed by atoms with Crippen LogP contribution in [0.3, 0.4) is 0 Å². The molecule has 0 bridgehead atoms. The standard InChI is InChI=1S/C16H12FN5O3/c1-25-16(24)11-3-2-10(17)8-13(11)19-15(23)12-4-5-14(21-20-12)22-7-6-18-9-22/h2-9H,1H3,(H,19,23). The van der Waals surface area contributed by atoms with Gasteiger partial charge in [-0.3, -0.25) is 9.36 Å². The summed E-state index contributed by atoms with van der Waals surface area (Å²) < 4.78 is 19.7. The molecule has 0 fully saturated rings. The smallest absolute Gasteiger partial charge is 0.339 e. The molecule has 0 spiro atoms. The van der Waals surface area contributed by atoms with E-state index in [9.17, 15) is 14.0 Å². The van der Waals surface area contributed by atoms with Crippen molar-refractivity contribution in [3.05, 3.63) is 66.1 Å². The van der Waals surface area contributed by atoms with Gasteiger partial charge in [0.15, 0.2) is 11.5 Å². The molecule has 2 heterocycles. The molecule has 0 saturated heterocycles. The number of imidazole rings is 1. The predicted octanol–water partition coefficient (Wildman–Crippen LogP) is 1.84. The Labute approximate surface area is 141 Å². The molecule has 3 rings (SSSR count). The van der Waals surface area contributed by atoms with E-state index in [1.165, 1.54) is 19.2 Å². The Balaban J connectivity index is 1.83. The van der Waals surface area contributed by atoms with Gasteiger partial charge >= 0.3 is 5.97 Å². The van der Waals surface area contributed by atoms with Crippen molar-refractivity contribution in [1.82, 2.24) is 19.7 Å². The number of ether oxygens (including phenoxy) is 1. The number of amides is 1. The van der Waals surface area contributed by atoms with Crippen LogP contribution in [-0.2, 0) is 4.74 Å². The first-order valence-corrected chi connectivity index (χ1v) is 7.10. The molecule has 0 unspecified atom stereocenters. The van der Waals surface area contributed by atoms with Crippen LogP contribution in [0.4, 0.5) is 10.1 Å². The lowest BCUT2D eigenvalue weighted by molar-refractivity contribution is 0.0602. The van der Waals surface area contributed by atoms with Gasteiger partial charge in [-0.25, -0.2) is 14.2 Å². The number of nitrogens with zero attached hydrogens (tertiary/aromatic N) is 4. The van der Waals surface area contributed by atoms with Gasteiger partial charge in [0, 0.05) is 12.4 Å². The van der Waals surface area contributed by atoms with E-state index in [-0.39, 0.29) is 16.9 Å². The quantitative estimate of drug-likeness (QED) is 0.727. The number of nitrogens with one attached hydrogen (secondary N) is 1. The molecule has 0 saturated carbocycles. The minimum Gasteiger partial charge on any atom is -0.465 e. The van der Waals surface area contributed by atoms with Gasteiger partial charge in [-0.15, -0.1) is 10.2 Å². The van der Waals surface area contributed by atoms with E-state index < -0.39 is 17.7 Å². The summed E-state index contributed by atoms with van der Waals surface area (Å²) in [6, 6.07) is 6.38. The number of carbonyl (C=O) groups excluding carboxylic acids is 2. The Kier molecular flexibility index (Phi) is 4.46. The van der Waals surface area contributed by atoms with Crippen LogP contribution in [0.5, 0.6) is 0 Å². The molecule has 126 valence electrons. The number of carbonyl (C=O) groups is 2. The maximum atomic E-state index is 13.4. The maximum Gasteiger partial charge on any atom is 0.339 e. The fourth-order valence-electron chi connectivity index (χ4n) is 2.07. The van der Waals surface area contributed by atoms with Crippen molar-refractivity contribution >= 4 is 17.6 Å². The zero-order chi connectivity index (χ0) is 17.8. The molecule has 1 amide bonds. The van der Waals surface area contributed by atoms with Crippen molar-refractivity contribution in [1.29, 1.82) is 0 Å². The molecule has 9 heteroatoms. The molecule has 25 heavy (non-hydrogen) atoms. The highest BCUT2D eigenvalue weighted by Gasteiger charge is 2.17.